The van der Waals surface area contributed by atoms with Crippen molar-refractivity contribution in [1.82, 2.24) is 14.5 Å². The van der Waals surface area contributed by atoms with Crippen molar-refractivity contribution in [3.8, 4) is 0 Å². The second-order valence-electron chi connectivity index (χ2n) is 8.02. The summed E-state index contributed by atoms with van der Waals surface area (Å²) in [7, 11) is 0. The Hall–Kier alpha value is -2.29. The van der Waals surface area contributed by atoms with Gasteiger partial charge in [0.15, 0.2) is 11.6 Å². The highest BCUT2D eigenvalue weighted by Crippen LogP contribution is 2.38. The van der Waals surface area contributed by atoms with E-state index in [0.717, 1.165) is 25.0 Å². The summed E-state index contributed by atoms with van der Waals surface area (Å²) < 4.78 is 43.3. The van der Waals surface area contributed by atoms with Crippen molar-refractivity contribution in [2.75, 3.05) is 24.5 Å². The number of aromatic nitrogens is 2. The molecule has 150 valence electrons. The minimum atomic E-state index is -1.09. The molecule has 2 aliphatic heterocycles. The fraction of sp³-hybridized carbons (Fsp3) is 0.579. The van der Waals surface area contributed by atoms with E-state index in [-0.39, 0.29) is 24.4 Å². The van der Waals surface area contributed by atoms with Gasteiger partial charge in [-0.15, -0.1) is 0 Å². The number of imidazole rings is 1. The first kappa shape index (κ1) is 17.8. The van der Waals surface area contributed by atoms with Crippen LogP contribution in [0.15, 0.2) is 12.1 Å². The summed E-state index contributed by atoms with van der Waals surface area (Å²) in [4.78, 5) is 21.2. The van der Waals surface area contributed by atoms with E-state index in [9.17, 15) is 18.0 Å². The van der Waals surface area contributed by atoms with Crippen molar-refractivity contribution in [2.45, 2.75) is 50.0 Å². The summed E-state index contributed by atoms with van der Waals surface area (Å²) in [6.45, 7) is 1.27. The molecule has 2 N–H and O–H groups in total. The summed E-state index contributed by atoms with van der Waals surface area (Å²) in [5.74, 6) is -1.56. The molecular formula is C19H22F3N5O. The monoisotopic (exact) mass is 393 g/mol. The first-order valence-corrected chi connectivity index (χ1v) is 9.76. The minimum absolute atomic E-state index is 0.0162. The molecule has 0 bridgehead atoms. The first-order chi connectivity index (χ1) is 13.4. The largest absolute Gasteiger partial charge is 0.340 e. The van der Waals surface area contributed by atoms with Crippen molar-refractivity contribution in [2.24, 2.45) is 5.73 Å². The molecule has 3 aliphatic rings. The topological polar surface area (TPSA) is 67.4 Å². The number of anilines is 1. The third-order valence-electron chi connectivity index (χ3n) is 6.08. The molecule has 3 fully saturated rings. The predicted molar refractivity (Wildman–Crippen MR) is 97.7 cm³/mol. The number of fused-ring (bicyclic) bond motifs is 1. The smallest absolute Gasteiger partial charge is 0.246 e. The number of amides is 1. The Morgan fingerprint density at radius 1 is 1.07 bits per heavy atom. The standard InChI is InChI=1S/C19H22F3N5O/c20-11-3-5-25(9-14(11)23)19-24-15-7-12(21)13(22)8-17(15)27(19)16-4-6-26(18(16)28)10-1-2-10/h7-8,10-11,14,16H,1-6,9,23H2/t11-,14-,16-/m1/s1. The lowest BCUT2D eigenvalue weighted by molar-refractivity contribution is -0.130. The number of halogens is 3. The molecule has 3 atom stereocenters. The highest BCUT2D eigenvalue weighted by atomic mass is 19.2. The molecule has 3 heterocycles. The van der Waals surface area contributed by atoms with E-state index in [4.69, 9.17) is 5.73 Å². The quantitative estimate of drug-likeness (QED) is 0.868. The van der Waals surface area contributed by atoms with Crippen LogP contribution in [0.25, 0.3) is 11.0 Å². The SMILES string of the molecule is N[C@@H]1CN(c2nc3cc(F)c(F)cc3n2[C@@H]2CCN(C3CC3)C2=O)CC[C@H]1F. The van der Waals surface area contributed by atoms with Crippen LogP contribution in [0.4, 0.5) is 19.1 Å². The third-order valence-corrected chi connectivity index (χ3v) is 6.08. The zero-order valence-corrected chi connectivity index (χ0v) is 15.3. The van der Waals surface area contributed by atoms with Gasteiger partial charge in [0, 0.05) is 37.8 Å². The van der Waals surface area contributed by atoms with E-state index in [1.54, 1.807) is 4.57 Å². The van der Waals surface area contributed by atoms with Crippen molar-refractivity contribution >= 4 is 22.9 Å². The molecule has 28 heavy (non-hydrogen) atoms. The lowest BCUT2D eigenvalue weighted by atomic mass is 10.1. The van der Waals surface area contributed by atoms with Gasteiger partial charge in [-0.3, -0.25) is 9.36 Å². The van der Waals surface area contributed by atoms with Gasteiger partial charge in [0.1, 0.15) is 12.2 Å². The number of rotatable bonds is 3. The lowest BCUT2D eigenvalue weighted by Gasteiger charge is -2.34. The van der Waals surface area contributed by atoms with Crippen LogP contribution in [-0.4, -0.2) is 58.2 Å². The van der Waals surface area contributed by atoms with Gasteiger partial charge >= 0.3 is 0 Å². The summed E-state index contributed by atoms with van der Waals surface area (Å²) in [6.07, 6.45) is 1.75. The Labute approximate surface area is 160 Å². The number of benzene rings is 1. The maximum absolute atomic E-state index is 14.0. The van der Waals surface area contributed by atoms with E-state index in [1.807, 2.05) is 9.80 Å². The molecule has 2 saturated heterocycles. The summed E-state index contributed by atoms with van der Waals surface area (Å²) in [5, 5.41) is 0. The molecule has 0 unspecified atom stereocenters. The molecule has 1 aliphatic carbocycles. The van der Waals surface area contributed by atoms with Gasteiger partial charge in [-0.05, 0) is 25.7 Å². The van der Waals surface area contributed by atoms with Crippen molar-refractivity contribution in [1.29, 1.82) is 0 Å². The Morgan fingerprint density at radius 2 is 1.82 bits per heavy atom. The second-order valence-corrected chi connectivity index (χ2v) is 8.02. The number of nitrogens with zero attached hydrogens (tertiary/aromatic N) is 4. The third kappa shape index (κ3) is 2.75. The fourth-order valence-electron chi connectivity index (χ4n) is 4.42. The van der Waals surface area contributed by atoms with Crippen LogP contribution in [-0.2, 0) is 4.79 Å². The van der Waals surface area contributed by atoms with Crippen LogP contribution in [0.3, 0.4) is 0 Å². The number of hydrogen-bond donors (Lipinski definition) is 1. The molecular weight excluding hydrogens is 371 g/mol. The van der Waals surface area contributed by atoms with Crippen molar-refractivity contribution in [3.05, 3.63) is 23.8 Å². The van der Waals surface area contributed by atoms with Crippen LogP contribution in [0.1, 0.15) is 31.7 Å². The molecule has 1 amide bonds. The molecule has 6 nitrogen and oxygen atoms in total. The van der Waals surface area contributed by atoms with Gasteiger partial charge in [0.25, 0.3) is 0 Å². The molecule has 1 saturated carbocycles. The molecule has 1 aromatic heterocycles. The van der Waals surface area contributed by atoms with Crippen LogP contribution in [0.5, 0.6) is 0 Å². The highest BCUT2D eigenvalue weighted by molar-refractivity contribution is 5.88. The molecule has 0 radical (unpaired) electrons. The molecule has 2 aromatic rings. The van der Waals surface area contributed by atoms with Crippen LogP contribution >= 0.6 is 0 Å². The first-order valence-electron chi connectivity index (χ1n) is 9.76. The number of carbonyl (C=O) groups excluding carboxylic acids is 1. The molecule has 9 heteroatoms. The Kier molecular flexibility index (Phi) is 4.04. The van der Waals surface area contributed by atoms with E-state index >= 15 is 0 Å². The maximum atomic E-state index is 14.0. The van der Waals surface area contributed by atoms with Crippen LogP contribution in [0.2, 0.25) is 0 Å². The summed E-state index contributed by atoms with van der Waals surface area (Å²) in [6, 6.07) is 1.24. The van der Waals surface area contributed by atoms with Crippen LogP contribution in [0, 0.1) is 11.6 Å². The van der Waals surface area contributed by atoms with Gasteiger partial charge < -0.3 is 15.5 Å². The Bertz CT molecular complexity index is 943. The van der Waals surface area contributed by atoms with Gasteiger partial charge in [-0.25, -0.2) is 18.2 Å². The van der Waals surface area contributed by atoms with Gasteiger partial charge in [0.2, 0.25) is 11.9 Å². The molecule has 5 rings (SSSR count). The second kappa shape index (κ2) is 6.37. The van der Waals surface area contributed by atoms with Crippen LogP contribution < -0.4 is 10.6 Å². The fourth-order valence-corrected chi connectivity index (χ4v) is 4.42. The Balaban J connectivity index is 1.61. The van der Waals surface area contributed by atoms with Gasteiger partial charge in [-0.1, -0.05) is 0 Å². The molecule has 0 spiro atoms. The van der Waals surface area contributed by atoms with Crippen molar-refractivity contribution < 1.29 is 18.0 Å². The number of piperidine rings is 1. The zero-order chi connectivity index (χ0) is 19.6. The summed E-state index contributed by atoms with van der Waals surface area (Å²) >= 11 is 0. The number of carbonyl (C=O) groups is 1. The van der Waals surface area contributed by atoms with Crippen molar-refractivity contribution in [3.63, 3.8) is 0 Å². The average Bonchev–Trinajstić information content (AvgIpc) is 3.35. The number of nitrogens with two attached hydrogens (primary N) is 1. The minimum Gasteiger partial charge on any atom is -0.340 e. The average molecular weight is 393 g/mol. The maximum Gasteiger partial charge on any atom is 0.246 e. The van der Waals surface area contributed by atoms with Gasteiger partial charge in [0.05, 0.1) is 17.1 Å². The Morgan fingerprint density at radius 3 is 2.54 bits per heavy atom. The highest BCUT2D eigenvalue weighted by Gasteiger charge is 2.43. The van der Waals surface area contributed by atoms with E-state index < -0.39 is 29.9 Å². The number of alkyl halides is 1. The molecule has 1 aromatic carbocycles. The van der Waals surface area contributed by atoms with E-state index in [0.29, 0.717) is 37.0 Å². The predicted octanol–water partition coefficient (Wildman–Crippen LogP) is 2.13. The van der Waals surface area contributed by atoms with Gasteiger partial charge in [-0.2, -0.15) is 0 Å². The number of hydrogen-bond acceptors (Lipinski definition) is 4. The van der Waals surface area contributed by atoms with E-state index in [1.165, 1.54) is 0 Å². The zero-order valence-electron chi connectivity index (χ0n) is 15.3. The van der Waals surface area contributed by atoms with E-state index in [2.05, 4.69) is 4.98 Å². The lowest BCUT2D eigenvalue weighted by Crippen LogP contribution is -2.50. The number of likely N-dealkylation sites (tertiary alicyclic amines) is 1. The summed E-state index contributed by atoms with van der Waals surface area (Å²) in [5.41, 5.74) is 6.56. The normalized spacial score (nSPS) is 28.6.